The van der Waals surface area contributed by atoms with Gasteiger partial charge in [0.25, 0.3) is 5.91 Å². The van der Waals surface area contributed by atoms with E-state index in [1.807, 2.05) is 48.4 Å². The van der Waals surface area contributed by atoms with E-state index in [0.29, 0.717) is 18.8 Å². The number of thiazole rings is 1. The van der Waals surface area contributed by atoms with Crippen LogP contribution in [0.3, 0.4) is 0 Å². The summed E-state index contributed by atoms with van der Waals surface area (Å²) in [5.41, 5.74) is 1.49. The number of ether oxygens (including phenoxy) is 2. The fourth-order valence-corrected chi connectivity index (χ4v) is 3.37. The van der Waals surface area contributed by atoms with Crippen molar-refractivity contribution in [2.24, 2.45) is 0 Å². The van der Waals surface area contributed by atoms with Gasteiger partial charge < -0.3 is 14.4 Å². The zero-order valence-corrected chi connectivity index (χ0v) is 14.3. The Morgan fingerprint density at radius 1 is 1.35 bits per heavy atom. The number of amides is 1. The molecule has 3 rings (SSSR count). The lowest BCUT2D eigenvalue weighted by Gasteiger charge is -2.36. The van der Waals surface area contributed by atoms with Crippen molar-refractivity contribution < 1.29 is 14.3 Å². The SMILES string of the molecule is COc1ccc(-c2nc(C(=O)N3CC(C)OCC3C)cs2)cc1. The number of carbonyl (C=O) groups excluding carboxylic acids is 1. The van der Waals surface area contributed by atoms with E-state index in [1.54, 1.807) is 7.11 Å². The molecule has 2 unspecified atom stereocenters. The number of hydrogen-bond acceptors (Lipinski definition) is 5. The third-order valence-electron chi connectivity index (χ3n) is 3.93. The monoisotopic (exact) mass is 332 g/mol. The minimum Gasteiger partial charge on any atom is -0.497 e. The standard InChI is InChI=1S/C17H20N2O3S/c1-11-9-22-12(2)8-19(11)17(20)15-10-23-16(18-15)13-4-6-14(21-3)7-5-13/h4-7,10-12H,8-9H2,1-3H3. The van der Waals surface area contributed by atoms with Crippen LogP contribution in [0.2, 0.25) is 0 Å². The van der Waals surface area contributed by atoms with Gasteiger partial charge in [-0.2, -0.15) is 0 Å². The van der Waals surface area contributed by atoms with Gasteiger partial charge in [0.2, 0.25) is 0 Å². The van der Waals surface area contributed by atoms with Gasteiger partial charge in [0.05, 0.1) is 25.9 Å². The minimum absolute atomic E-state index is 0.0244. The summed E-state index contributed by atoms with van der Waals surface area (Å²) in [5, 5.41) is 2.67. The number of methoxy groups -OCH3 is 1. The van der Waals surface area contributed by atoms with E-state index < -0.39 is 0 Å². The topological polar surface area (TPSA) is 51.7 Å². The first-order chi connectivity index (χ1) is 11.1. The summed E-state index contributed by atoms with van der Waals surface area (Å²) < 4.78 is 10.7. The van der Waals surface area contributed by atoms with Gasteiger partial charge in [-0.1, -0.05) is 0 Å². The zero-order valence-electron chi connectivity index (χ0n) is 13.5. The predicted octanol–water partition coefficient (Wildman–Crippen LogP) is 3.07. The smallest absolute Gasteiger partial charge is 0.273 e. The maximum Gasteiger partial charge on any atom is 0.273 e. The van der Waals surface area contributed by atoms with Gasteiger partial charge in [0.15, 0.2) is 0 Å². The molecule has 1 aliphatic rings. The van der Waals surface area contributed by atoms with Gasteiger partial charge in [-0.3, -0.25) is 4.79 Å². The number of benzene rings is 1. The van der Waals surface area contributed by atoms with Crippen LogP contribution < -0.4 is 4.74 Å². The largest absolute Gasteiger partial charge is 0.497 e. The lowest BCUT2D eigenvalue weighted by molar-refractivity contribution is -0.0388. The van der Waals surface area contributed by atoms with Crippen molar-refractivity contribution in [3.63, 3.8) is 0 Å². The summed E-state index contributed by atoms with van der Waals surface area (Å²) in [6.45, 7) is 5.16. The molecule has 1 aliphatic heterocycles. The molecule has 0 N–H and O–H groups in total. The van der Waals surface area contributed by atoms with E-state index >= 15 is 0 Å². The first kappa shape index (κ1) is 16.0. The van der Waals surface area contributed by atoms with Crippen LogP contribution in [0.1, 0.15) is 24.3 Å². The summed E-state index contributed by atoms with van der Waals surface area (Å²) in [6, 6.07) is 7.76. The van der Waals surface area contributed by atoms with Crippen molar-refractivity contribution in [2.45, 2.75) is 26.0 Å². The molecule has 0 spiro atoms. The van der Waals surface area contributed by atoms with E-state index in [4.69, 9.17) is 9.47 Å². The Kier molecular flexibility index (Phi) is 4.63. The maximum atomic E-state index is 12.7. The van der Waals surface area contributed by atoms with Crippen molar-refractivity contribution in [3.8, 4) is 16.3 Å². The van der Waals surface area contributed by atoms with E-state index in [-0.39, 0.29) is 18.1 Å². The molecular formula is C17H20N2O3S. The lowest BCUT2D eigenvalue weighted by Crippen LogP contribution is -2.50. The van der Waals surface area contributed by atoms with E-state index in [9.17, 15) is 4.79 Å². The van der Waals surface area contributed by atoms with Crippen LogP contribution in [0.4, 0.5) is 0 Å². The van der Waals surface area contributed by atoms with Crippen molar-refractivity contribution in [2.75, 3.05) is 20.3 Å². The van der Waals surface area contributed by atoms with Crippen molar-refractivity contribution in [3.05, 3.63) is 35.3 Å². The number of morpholine rings is 1. The van der Waals surface area contributed by atoms with Gasteiger partial charge in [-0.15, -0.1) is 11.3 Å². The molecule has 5 nitrogen and oxygen atoms in total. The molecule has 1 saturated heterocycles. The van der Waals surface area contributed by atoms with Gasteiger partial charge in [0, 0.05) is 17.5 Å². The van der Waals surface area contributed by atoms with Crippen LogP contribution >= 0.6 is 11.3 Å². The molecular weight excluding hydrogens is 312 g/mol. The van der Waals surface area contributed by atoms with E-state index in [0.717, 1.165) is 16.3 Å². The summed E-state index contributed by atoms with van der Waals surface area (Å²) in [7, 11) is 1.64. The molecule has 0 radical (unpaired) electrons. The Hall–Kier alpha value is -1.92. The second-order valence-corrected chi connectivity index (χ2v) is 6.57. The highest BCUT2D eigenvalue weighted by Gasteiger charge is 2.29. The first-order valence-corrected chi connectivity index (χ1v) is 8.49. The van der Waals surface area contributed by atoms with Gasteiger partial charge in [-0.05, 0) is 38.1 Å². The molecule has 2 aromatic rings. The molecule has 1 aromatic heterocycles. The molecule has 122 valence electrons. The number of carbonyl (C=O) groups is 1. The molecule has 23 heavy (non-hydrogen) atoms. The fourth-order valence-electron chi connectivity index (χ4n) is 2.57. The zero-order chi connectivity index (χ0) is 16.4. The Morgan fingerprint density at radius 2 is 2.09 bits per heavy atom. The van der Waals surface area contributed by atoms with Crippen LogP contribution in [0.5, 0.6) is 5.75 Å². The molecule has 1 fully saturated rings. The summed E-state index contributed by atoms with van der Waals surface area (Å²) in [6.07, 6.45) is 0.0647. The average Bonchev–Trinajstić information content (AvgIpc) is 3.06. The summed E-state index contributed by atoms with van der Waals surface area (Å²) in [5.74, 6) is 0.779. The first-order valence-electron chi connectivity index (χ1n) is 7.61. The Bertz CT molecular complexity index is 683. The third-order valence-corrected chi connectivity index (χ3v) is 4.82. The number of aromatic nitrogens is 1. The fraction of sp³-hybridized carbons (Fsp3) is 0.412. The van der Waals surface area contributed by atoms with E-state index in [2.05, 4.69) is 4.98 Å². The van der Waals surface area contributed by atoms with Crippen LogP contribution in [0.25, 0.3) is 10.6 Å². The molecule has 2 atom stereocenters. The molecule has 1 aromatic carbocycles. The Labute approximate surface area is 139 Å². The Balaban J connectivity index is 1.79. The number of hydrogen-bond donors (Lipinski definition) is 0. The molecule has 2 heterocycles. The predicted molar refractivity (Wildman–Crippen MR) is 90.0 cm³/mol. The van der Waals surface area contributed by atoms with Crippen molar-refractivity contribution in [1.82, 2.24) is 9.88 Å². The molecule has 6 heteroatoms. The molecule has 0 bridgehead atoms. The molecule has 0 aliphatic carbocycles. The summed E-state index contributed by atoms with van der Waals surface area (Å²) >= 11 is 1.48. The molecule has 1 amide bonds. The quantitative estimate of drug-likeness (QED) is 0.867. The highest BCUT2D eigenvalue weighted by Crippen LogP contribution is 2.26. The van der Waals surface area contributed by atoms with E-state index in [1.165, 1.54) is 11.3 Å². The second kappa shape index (κ2) is 6.68. The highest BCUT2D eigenvalue weighted by molar-refractivity contribution is 7.13. The average molecular weight is 332 g/mol. The van der Waals surface area contributed by atoms with Crippen LogP contribution in [-0.4, -0.2) is 48.2 Å². The van der Waals surface area contributed by atoms with Gasteiger partial charge in [-0.25, -0.2) is 4.98 Å². The van der Waals surface area contributed by atoms with Crippen LogP contribution in [-0.2, 0) is 4.74 Å². The van der Waals surface area contributed by atoms with Crippen LogP contribution in [0, 0.1) is 0 Å². The lowest BCUT2D eigenvalue weighted by atomic mass is 10.2. The highest BCUT2D eigenvalue weighted by atomic mass is 32.1. The molecule has 0 saturated carbocycles. The van der Waals surface area contributed by atoms with Gasteiger partial charge in [0.1, 0.15) is 16.5 Å². The normalized spacial score (nSPS) is 21.3. The summed E-state index contributed by atoms with van der Waals surface area (Å²) in [4.78, 5) is 19.1. The van der Waals surface area contributed by atoms with Crippen molar-refractivity contribution >= 4 is 17.2 Å². The Morgan fingerprint density at radius 3 is 2.78 bits per heavy atom. The van der Waals surface area contributed by atoms with Crippen LogP contribution in [0.15, 0.2) is 29.6 Å². The third kappa shape index (κ3) is 3.38. The minimum atomic E-state index is -0.0244. The number of nitrogens with zero attached hydrogens (tertiary/aromatic N) is 2. The maximum absolute atomic E-state index is 12.7. The number of rotatable bonds is 3. The second-order valence-electron chi connectivity index (χ2n) is 5.72. The van der Waals surface area contributed by atoms with Crippen molar-refractivity contribution in [1.29, 1.82) is 0 Å². The van der Waals surface area contributed by atoms with Gasteiger partial charge >= 0.3 is 0 Å².